The van der Waals surface area contributed by atoms with Crippen LogP contribution < -0.4 is 0 Å². The number of fused-ring (bicyclic) bond motifs is 1. The number of amides is 1. The topological polar surface area (TPSA) is 55.6 Å². The third-order valence-corrected chi connectivity index (χ3v) is 3.07. The van der Waals surface area contributed by atoms with Gasteiger partial charge in [0, 0.05) is 18.1 Å². The van der Waals surface area contributed by atoms with Crippen LogP contribution in [0.1, 0.15) is 10.7 Å². The second-order valence-electron chi connectivity index (χ2n) is 4.04. The van der Waals surface area contributed by atoms with Crippen molar-refractivity contribution >= 4 is 28.6 Å². The van der Waals surface area contributed by atoms with E-state index in [1.807, 2.05) is 0 Å². The molecule has 0 spiro atoms. The van der Waals surface area contributed by atoms with Gasteiger partial charge in [-0.1, -0.05) is 11.6 Å². The average Bonchev–Trinajstić information content (AvgIpc) is 2.81. The summed E-state index contributed by atoms with van der Waals surface area (Å²) in [6.45, 7) is 2.24. The molecule has 94 valence electrons. The lowest BCUT2D eigenvalue weighted by Gasteiger charge is -2.25. The quantitative estimate of drug-likeness (QED) is 0.792. The van der Waals surface area contributed by atoms with Gasteiger partial charge in [0.1, 0.15) is 5.52 Å². The highest BCUT2D eigenvalue weighted by molar-refractivity contribution is 6.31. The fourth-order valence-corrected chi connectivity index (χ4v) is 2.06. The van der Waals surface area contributed by atoms with E-state index in [2.05, 4.69) is 4.98 Å². The Bertz CT molecular complexity index is 590. The predicted molar refractivity (Wildman–Crippen MR) is 65.7 cm³/mol. The molecule has 0 unspecified atom stereocenters. The van der Waals surface area contributed by atoms with Gasteiger partial charge in [0.25, 0.3) is 5.89 Å². The highest BCUT2D eigenvalue weighted by Gasteiger charge is 2.23. The van der Waals surface area contributed by atoms with Crippen LogP contribution in [0.4, 0.5) is 0 Å². The molecule has 1 aromatic carbocycles. The van der Waals surface area contributed by atoms with Crippen molar-refractivity contribution in [3.05, 3.63) is 29.1 Å². The van der Waals surface area contributed by atoms with Gasteiger partial charge in [-0.3, -0.25) is 4.79 Å². The number of aromatic nitrogens is 1. The molecule has 1 aliphatic heterocycles. The Morgan fingerprint density at radius 3 is 2.89 bits per heavy atom. The van der Waals surface area contributed by atoms with Crippen molar-refractivity contribution in [1.82, 2.24) is 9.88 Å². The second-order valence-corrected chi connectivity index (χ2v) is 4.47. The monoisotopic (exact) mass is 266 g/mol. The summed E-state index contributed by atoms with van der Waals surface area (Å²) >= 11 is 5.86. The van der Waals surface area contributed by atoms with Gasteiger partial charge in [0.2, 0.25) is 0 Å². The molecule has 0 radical (unpaired) electrons. The van der Waals surface area contributed by atoms with Gasteiger partial charge in [-0.2, -0.15) is 0 Å². The number of morpholine rings is 1. The van der Waals surface area contributed by atoms with E-state index in [1.54, 1.807) is 23.1 Å². The number of benzene rings is 1. The molecule has 0 atom stereocenters. The molecule has 2 aromatic rings. The Hall–Kier alpha value is -1.59. The normalized spacial score (nSPS) is 16.2. The number of hydrogen-bond acceptors (Lipinski definition) is 4. The smallest absolute Gasteiger partial charge is 0.309 e. The second kappa shape index (κ2) is 4.59. The Balaban J connectivity index is 1.91. The molecular weight excluding hydrogens is 256 g/mol. The van der Waals surface area contributed by atoms with Gasteiger partial charge in [-0.15, -0.1) is 0 Å². The third-order valence-electron chi connectivity index (χ3n) is 2.83. The highest BCUT2D eigenvalue weighted by atomic mass is 35.5. The van der Waals surface area contributed by atoms with E-state index in [1.165, 1.54) is 0 Å². The molecule has 1 fully saturated rings. The number of oxazole rings is 1. The summed E-state index contributed by atoms with van der Waals surface area (Å²) < 4.78 is 10.6. The van der Waals surface area contributed by atoms with E-state index in [0.29, 0.717) is 42.4 Å². The van der Waals surface area contributed by atoms with Gasteiger partial charge >= 0.3 is 5.91 Å². The van der Waals surface area contributed by atoms with E-state index in [4.69, 9.17) is 20.8 Å². The van der Waals surface area contributed by atoms with Crippen LogP contribution in [0.2, 0.25) is 5.02 Å². The van der Waals surface area contributed by atoms with Crippen molar-refractivity contribution in [2.75, 3.05) is 26.3 Å². The maximum absolute atomic E-state index is 12.1. The van der Waals surface area contributed by atoms with Gasteiger partial charge in [0.05, 0.1) is 13.2 Å². The molecule has 5 nitrogen and oxygen atoms in total. The molecule has 0 saturated carbocycles. The van der Waals surface area contributed by atoms with E-state index < -0.39 is 0 Å². The Morgan fingerprint density at radius 2 is 2.11 bits per heavy atom. The van der Waals surface area contributed by atoms with Crippen molar-refractivity contribution in [2.24, 2.45) is 0 Å². The molecule has 18 heavy (non-hydrogen) atoms. The number of ether oxygens (including phenoxy) is 1. The molecule has 1 aliphatic rings. The van der Waals surface area contributed by atoms with Crippen molar-refractivity contribution in [3.63, 3.8) is 0 Å². The van der Waals surface area contributed by atoms with Crippen molar-refractivity contribution in [3.8, 4) is 0 Å². The zero-order valence-corrected chi connectivity index (χ0v) is 10.3. The van der Waals surface area contributed by atoms with Gasteiger partial charge in [-0.25, -0.2) is 4.98 Å². The lowest BCUT2D eigenvalue weighted by atomic mass is 10.3. The molecule has 3 rings (SSSR count). The maximum Gasteiger partial charge on any atom is 0.309 e. The molecule has 0 N–H and O–H groups in total. The lowest BCUT2D eigenvalue weighted by molar-refractivity contribution is 0.0279. The first kappa shape index (κ1) is 11.5. The fraction of sp³-hybridized carbons (Fsp3) is 0.333. The Morgan fingerprint density at radius 1 is 1.33 bits per heavy atom. The molecule has 0 bridgehead atoms. The average molecular weight is 267 g/mol. The first-order valence-corrected chi connectivity index (χ1v) is 6.05. The van der Waals surface area contributed by atoms with Gasteiger partial charge in [0.15, 0.2) is 5.58 Å². The largest absolute Gasteiger partial charge is 0.432 e. The van der Waals surface area contributed by atoms with Crippen LogP contribution >= 0.6 is 11.6 Å². The summed E-state index contributed by atoms with van der Waals surface area (Å²) in [6.07, 6.45) is 0. The third kappa shape index (κ3) is 2.07. The zero-order valence-electron chi connectivity index (χ0n) is 9.56. The number of nitrogens with zero attached hydrogens (tertiary/aromatic N) is 2. The van der Waals surface area contributed by atoms with Crippen LogP contribution in [-0.2, 0) is 4.74 Å². The lowest BCUT2D eigenvalue weighted by Crippen LogP contribution is -2.40. The Kier molecular flexibility index (Phi) is 2.93. The predicted octanol–water partition coefficient (Wildman–Crippen LogP) is 1.95. The minimum absolute atomic E-state index is 0.106. The Labute approximate surface area is 108 Å². The molecular formula is C12H11ClN2O3. The van der Waals surface area contributed by atoms with Crippen LogP contribution in [0, 0.1) is 0 Å². The summed E-state index contributed by atoms with van der Waals surface area (Å²) in [4.78, 5) is 18.0. The highest BCUT2D eigenvalue weighted by Crippen LogP contribution is 2.20. The van der Waals surface area contributed by atoms with Crippen LogP contribution in [0.3, 0.4) is 0 Å². The molecule has 1 saturated heterocycles. The van der Waals surface area contributed by atoms with E-state index in [9.17, 15) is 4.79 Å². The van der Waals surface area contributed by atoms with Crippen LogP contribution in [0.25, 0.3) is 11.1 Å². The number of hydrogen-bond donors (Lipinski definition) is 0. The van der Waals surface area contributed by atoms with Gasteiger partial charge in [-0.05, 0) is 18.2 Å². The van der Waals surface area contributed by atoms with Crippen molar-refractivity contribution in [2.45, 2.75) is 0 Å². The molecule has 1 amide bonds. The number of halogens is 1. The molecule has 6 heteroatoms. The minimum Gasteiger partial charge on any atom is -0.432 e. The van der Waals surface area contributed by atoms with Gasteiger partial charge < -0.3 is 14.1 Å². The van der Waals surface area contributed by atoms with Crippen molar-refractivity contribution < 1.29 is 13.9 Å². The summed E-state index contributed by atoms with van der Waals surface area (Å²) in [5.41, 5.74) is 1.16. The maximum atomic E-state index is 12.1. The summed E-state index contributed by atoms with van der Waals surface area (Å²) in [5.74, 6) is -0.0974. The summed E-state index contributed by atoms with van der Waals surface area (Å²) in [6, 6.07) is 5.09. The SMILES string of the molecule is O=C(c1nc2cc(Cl)ccc2o1)N1CCOCC1. The fourth-order valence-electron chi connectivity index (χ4n) is 1.89. The number of carbonyl (C=O) groups is 1. The molecule has 2 heterocycles. The first-order chi connectivity index (χ1) is 8.74. The van der Waals surface area contributed by atoms with E-state index in [-0.39, 0.29) is 11.8 Å². The number of carbonyl (C=O) groups excluding carboxylic acids is 1. The first-order valence-electron chi connectivity index (χ1n) is 5.67. The minimum atomic E-state index is -0.203. The summed E-state index contributed by atoms with van der Waals surface area (Å²) in [5, 5.41) is 0.571. The zero-order chi connectivity index (χ0) is 12.5. The van der Waals surface area contributed by atoms with E-state index in [0.717, 1.165) is 0 Å². The van der Waals surface area contributed by atoms with Crippen LogP contribution in [-0.4, -0.2) is 42.1 Å². The molecule has 0 aliphatic carbocycles. The number of rotatable bonds is 1. The van der Waals surface area contributed by atoms with E-state index >= 15 is 0 Å². The van der Waals surface area contributed by atoms with Crippen LogP contribution in [0.5, 0.6) is 0 Å². The molecule has 1 aromatic heterocycles. The van der Waals surface area contributed by atoms with Crippen LogP contribution in [0.15, 0.2) is 22.6 Å². The summed E-state index contributed by atoms with van der Waals surface area (Å²) in [7, 11) is 0. The van der Waals surface area contributed by atoms with Crippen molar-refractivity contribution in [1.29, 1.82) is 0 Å². The standard InChI is InChI=1S/C12H11ClN2O3/c13-8-1-2-10-9(7-8)14-11(18-10)12(16)15-3-5-17-6-4-15/h1-2,7H,3-6H2.